The highest BCUT2D eigenvalue weighted by Gasteiger charge is 1.91. The van der Waals surface area contributed by atoms with Crippen LogP contribution in [0.25, 0.3) is 0 Å². The van der Waals surface area contributed by atoms with Crippen LogP contribution in [0.15, 0.2) is 5.16 Å². The fraction of sp³-hybridized carbons (Fsp3) is 0.833. The van der Waals surface area contributed by atoms with Crippen LogP contribution in [0.3, 0.4) is 0 Å². The van der Waals surface area contributed by atoms with Crippen LogP contribution in [0.4, 0.5) is 0 Å². The van der Waals surface area contributed by atoms with Crippen molar-refractivity contribution in [3.63, 3.8) is 0 Å². The summed E-state index contributed by atoms with van der Waals surface area (Å²) in [4.78, 5) is 6.52. The zero-order chi connectivity index (χ0) is 7.98. The molecule has 60 valence electrons. The number of guanidine groups is 1. The number of nitrogens with two attached hydrogens (primary N) is 1. The molecular formula is C6H15N3O. The lowest BCUT2D eigenvalue weighted by Gasteiger charge is -2.08. The first-order valence-electron chi connectivity index (χ1n) is 3.31. The first kappa shape index (κ1) is 9.07. The second-order valence-electron chi connectivity index (χ2n) is 2.18. The highest BCUT2D eigenvalue weighted by molar-refractivity contribution is 5.76. The number of oxime groups is 1. The van der Waals surface area contributed by atoms with Crippen molar-refractivity contribution in [2.75, 3.05) is 20.7 Å². The van der Waals surface area contributed by atoms with Crippen LogP contribution in [-0.2, 0) is 4.84 Å². The van der Waals surface area contributed by atoms with Crippen molar-refractivity contribution in [3.8, 4) is 0 Å². The van der Waals surface area contributed by atoms with E-state index >= 15 is 0 Å². The van der Waals surface area contributed by atoms with E-state index in [1.54, 1.807) is 4.90 Å². The Labute approximate surface area is 61.6 Å². The van der Waals surface area contributed by atoms with Crippen molar-refractivity contribution < 1.29 is 4.84 Å². The molecule has 0 saturated carbocycles. The monoisotopic (exact) mass is 145 g/mol. The second kappa shape index (κ2) is 4.90. The fourth-order valence-electron chi connectivity index (χ4n) is 0.285. The Morgan fingerprint density at radius 1 is 1.60 bits per heavy atom. The van der Waals surface area contributed by atoms with E-state index in [1.165, 1.54) is 0 Å². The maximum atomic E-state index is 5.41. The summed E-state index contributed by atoms with van der Waals surface area (Å²) in [7, 11) is 3.63. The molecule has 0 bridgehead atoms. The molecule has 0 amide bonds. The molecule has 0 aliphatic rings. The zero-order valence-electron chi connectivity index (χ0n) is 6.79. The van der Waals surface area contributed by atoms with Crippen molar-refractivity contribution in [1.29, 1.82) is 0 Å². The standard InChI is InChI=1S/C6H15N3O/c1-4-5-10-8-6(7)9(2)3/h4-5H2,1-3H3,(H2,7,8). The summed E-state index contributed by atoms with van der Waals surface area (Å²) in [5, 5.41) is 3.63. The highest BCUT2D eigenvalue weighted by atomic mass is 16.6. The summed E-state index contributed by atoms with van der Waals surface area (Å²) >= 11 is 0. The minimum absolute atomic E-state index is 0.397. The molecule has 0 unspecified atom stereocenters. The maximum Gasteiger partial charge on any atom is 0.232 e. The minimum Gasteiger partial charge on any atom is -0.393 e. The van der Waals surface area contributed by atoms with Crippen molar-refractivity contribution in [2.45, 2.75) is 13.3 Å². The van der Waals surface area contributed by atoms with Gasteiger partial charge in [0.15, 0.2) is 0 Å². The second-order valence-corrected chi connectivity index (χ2v) is 2.18. The van der Waals surface area contributed by atoms with Gasteiger partial charge in [0.1, 0.15) is 6.61 Å². The van der Waals surface area contributed by atoms with Crippen molar-refractivity contribution in [3.05, 3.63) is 0 Å². The summed E-state index contributed by atoms with van der Waals surface area (Å²) in [6.07, 6.45) is 0.949. The molecule has 0 aromatic rings. The third-order valence-electron chi connectivity index (χ3n) is 0.912. The predicted molar refractivity (Wildman–Crippen MR) is 41.6 cm³/mol. The number of rotatable bonds is 3. The Morgan fingerprint density at radius 2 is 2.20 bits per heavy atom. The van der Waals surface area contributed by atoms with Crippen molar-refractivity contribution >= 4 is 5.96 Å². The fourth-order valence-corrected chi connectivity index (χ4v) is 0.285. The van der Waals surface area contributed by atoms with Gasteiger partial charge in [0.25, 0.3) is 0 Å². The topological polar surface area (TPSA) is 50.9 Å². The quantitative estimate of drug-likeness (QED) is 0.267. The van der Waals surface area contributed by atoms with Gasteiger partial charge in [0.05, 0.1) is 0 Å². The summed E-state index contributed by atoms with van der Waals surface area (Å²) in [5.74, 6) is 0.397. The number of hydrogen-bond acceptors (Lipinski definition) is 2. The van der Waals surface area contributed by atoms with Gasteiger partial charge in [0.2, 0.25) is 5.96 Å². The summed E-state index contributed by atoms with van der Waals surface area (Å²) in [6, 6.07) is 0. The average molecular weight is 145 g/mol. The van der Waals surface area contributed by atoms with E-state index < -0.39 is 0 Å². The lowest BCUT2D eigenvalue weighted by Crippen LogP contribution is -2.30. The van der Waals surface area contributed by atoms with Gasteiger partial charge in [0, 0.05) is 14.1 Å². The molecule has 2 N–H and O–H groups in total. The molecular weight excluding hydrogens is 130 g/mol. The largest absolute Gasteiger partial charge is 0.393 e. The molecule has 0 aromatic carbocycles. The van der Waals surface area contributed by atoms with Crippen LogP contribution in [-0.4, -0.2) is 31.6 Å². The molecule has 0 rings (SSSR count). The molecule has 4 nitrogen and oxygen atoms in total. The van der Waals surface area contributed by atoms with Gasteiger partial charge in [-0.25, -0.2) is 0 Å². The molecule has 0 aromatic heterocycles. The molecule has 0 spiro atoms. The van der Waals surface area contributed by atoms with Crippen LogP contribution in [0.2, 0.25) is 0 Å². The van der Waals surface area contributed by atoms with E-state index in [-0.39, 0.29) is 0 Å². The third kappa shape index (κ3) is 4.00. The Hall–Kier alpha value is -0.930. The molecule has 0 saturated heterocycles. The molecule has 0 fully saturated rings. The van der Waals surface area contributed by atoms with Gasteiger partial charge in [-0.05, 0) is 11.6 Å². The molecule has 0 atom stereocenters. The molecule has 0 radical (unpaired) electrons. The Bertz CT molecular complexity index is 112. The van der Waals surface area contributed by atoms with Gasteiger partial charge < -0.3 is 15.5 Å². The van der Waals surface area contributed by atoms with Crippen LogP contribution >= 0.6 is 0 Å². The molecule has 4 heteroatoms. The lowest BCUT2D eigenvalue weighted by atomic mass is 10.5. The van der Waals surface area contributed by atoms with E-state index in [1.807, 2.05) is 21.0 Å². The van der Waals surface area contributed by atoms with Crippen LogP contribution in [0.5, 0.6) is 0 Å². The summed E-state index contributed by atoms with van der Waals surface area (Å²) in [5.41, 5.74) is 5.41. The van der Waals surface area contributed by atoms with Crippen molar-refractivity contribution in [2.24, 2.45) is 10.9 Å². The van der Waals surface area contributed by atoms with E-state index in [0.717, 1.165) is 6.42 Å². The third-order valence-corrected chi connectivity index (χ3v) is 0.912. The van der Waals surface area contributed by atoms with Crippen LogP contribution in [0.1, 0.15) is 13.3 Å². The highest BCUT2D eigenvalue weighted by Crippen LogP contribution is 1.82. The van der Waals surface area contributed by atoms with E-state index in [2.05, 4.69) is 5.16 Å². The van der Waals surface area contributed by atoms with E-state index in [0.29, 0.717) is 12.6 Å². The first-order chi connectivity index (χ1) is 4.68. The molecule has 0 heterocycles. The smallest absolute Gasteiger partial charge is 0.232 e. The SMILES string of the molecule is CCCO/N=C(/N)N(C)C. The minimum atomic E-state index is 0.397. The predicted octanol–water partition coefficient (Wildman–Crippen LogP) is 0.204. The van der Waals surface area contributed by atoms with Crippen molar-refractivity contribution in [1.82, 2.24) is 4.90 Å². The Balaban J connectivity index is 3.48. The average Bonchev–Trinajstić information content (AvgIpc) is 1.88. The van der Waals surface area contributed by atoms with Crippen LogP contribution in [0, 0.1) is 0 Å². The van der Waals surface area contributed by atoms with Gasteiger partial charge in [-0.15, -0.1) is 0 Å². The van der Waals surface area contributed by atoms with Gasteiger partial charge in [-0.1, -0.05) is 6.92 Å². The van der Waals surface area contributed by atoms with Gasteiger partial charge in [-0.2, -0.15) is 0 Å². The maximum absolute atomic E-state index is 5.41. The van der Waals surface area contributed by atoms with E-state index in [9.17, 15) is 0 Å². The number of nitrogens with zero attached hydrogens (tertiary/aromatic N) is 2. The van der Waals surface area contributed by atoms with Gasteiger partial charge >= 0.3 is 0 Å². The summed E-state index contributed by atoms with van der Waals surface area (Å²) < 4.78 is 0. The molecule has 0 aliphatic heterocycles. The lowest BCUT2D eigenvalue weighted by molar-refractivity contribution is 0.141. The van der Waals surface area contributed by atoms with Gasteiger partial charge in [-0.3, -0.25) is 0 Å². The summed E-state index contributed by atoms with van der Waals surface area (Å²) in [6.45, 7) is 2.63. The molecule has 0 aliphatic carbocycles. The molecule has 10 heavy (non-hydrogen) atoms. The normalized spacial score (nSPS) is 11.3. The zero-order valence-corrected chi connectivity index (χ0v) is 6.79. The van der Waals surface area contributed by atoms with E-state index in [4.69, 9.17) is 10.6 Å². The Kier molecular flexibility index (Phi) is 4.45. The Morgan fingerprint density at radius 3 is 2.60 bits per heavy atom. The first-order valence-corrected chi connectivity index (χ1v) is 3.31. The number of hydrogen-bond donors (Lipinski definition) is 1. The van der Waals surface area contributed by atoms with Crippen LogP contribution < -0.4 is 5.73 Å².